The van der Waals surface area contributed by atoms with E-state index in [0.717, 1.165) is 0 Å². The predicted molar refractivity (Wildman–Crippen MR) is 70.2 cm³/mol. The Kier molecular flexibility index (Phi) is 5.23. The van der Waals surface area contributed by atoms with Crippen LogP contribution < -0.4 is 5.32 Å². The summed E-state index contributed by atoms with van der Waals surface area (Å²) in [6.07, 6.45) is 2.50. The zero-order valence-corrected chi connectivity index (χ0v) is 10.9. The zero-order chi connectivity index (χ0) is 14.4. The molecule has 0 aliphatic rings. The number of aryl methyl sites for hydroxylation is 1. The second-order valence-electron chi connectivity index (χ2n) is 4.42. The number of anilines is 1. The second kappa shape index (κ2) is 6.67. The molecule has 0 saturated heterocycles. The molecule has 0 spiro atoms. The first-order chi connectivity index (χ1) is 8.91. The first-order valence-electron chi connectivity index (χ1n) is 5.99. The summed E-state index contributed by atoms with van der Waals surface area (Å²) in [5.41, 5.74) is 0.534. The van der Waals surface area contributed by atoms with E-state index in [1.165, 1.54) is 6.20 Å². The minimum absolute atomic E-state index is 0.00921. The highest BCUT2D eigenvalue weighted by Gasteiger charge is 2.12. The molecule has 7 nitrogen and oxygen atoms in total. The molecule has 1 rings (SSSR count). The topological polar surface area (TPSA) is 105 Å². The number of hydrogen-bond donors (Lipinski definition) is 2. The normalized spacial score (nSPS) is 11.9. The van der Waals surface area contributed by atoms with Crippen LogP contribution in [0.5, 0.6) is 0 Å². The number of carboxylic acid groups (broad SMARTS) is 1. The van der Waals surface area contributed by atoms with Gasteiger partial charge in [0.25, 0.3) is 5.69 Å². The lowest BCUT2D eigenvalue weighted by atomic mass is 10.1. The Balaban J connectivity index is 2.44. The quantitative estimate of drug-likeness (QED) is 0.445. The van der Waals surface area contributed by atoms with Gasteiger partial charge in [0.2, 0.25) is 0 Å². The third-order valence-corrected chi connectivity index (χ3v) is 2.82. The number of aromatic nitrogens is 1. The van der Waals surface area contributed by atoms with E-state index >= 15 is 0 Å². The van der Waals surface area contributed by atoms with Gasteiger partial charge in [0.1, 0.15) is 12.0 Å². The second-order valence-corrected chi connectivity index (χ2v) is 4.42. The van der Waals surface area contributed by atoms with E-state index in [4.69, 9.17) is 5.11 Å². The molecule has 0 aliphatic carbocycles. The lowest BCUT2D eigenvalue weighted by Crippen LogP contribution is -2.12. The molecule has 2 N–H and O–H groups in total. The van der Waals surface area contributed by atoms with Crippen LogP contribution >= 0.6 is 0 Å². The summed E-state index contributed by atoms with van der Waals surface area (Å²) in [6, 6.07) is 1.61. The average Bonchev–Trinajstić information content (AvgIpc) is 2.33. The van der Waals surface area contributed by atoms with Crippen molar-refractivity contribution in [2.45, 2.75) is 26.7 Å². The Hall–Kier alpha value is -2.18. The van der Waals surface area contributed by atoms with E-state index in [2.05, 4.69) is 10.3 Å². The van der Waals surface area contributed by atoms with Crippen LogP contribution in [0.15, 0.2) is 12.3 Å². The van der Waals surface area contributed by atoms with Gasteiger partial charge in [-0.1, -0.05) is 6.92 Å². The van der Waals surface area contributed by atoms with Crippen LogP contribution in [-0.2, 0) is 4.79 Å². The fourth-order valence-electron chi connectivity index (χ4n) is 1.58. The molecule has 0 radical (unpaired) electrons. The van der Waals surface area contributed by atoms with E-state index in [-0.39, 0.29) is 11.6 Å². The number of carboxylic acids is 1. The molecule has 1 heterocycles. The monoisotopic (exact) mass is 267 g/mol. The minimum atomic E-state index is -0.802. The van der Waals surface area contributed by atoms with E-state index in [1.54, 1.807) is 19.9 Å². The van der Waals surface area contributed by atoms with E-state index < -0.39 is 10.9 Å². The van der Waals surface area contributed by atoms with E-state index in [0.29, 0.717) is 30.8 Å². The molecule has 0 aliphatic heterocycles. The van der Waals surface area contributed by atoms with Crippen molar-refractivity contribution >= 4 is 17.5 Å². The predicted octanol–water partition coefficient (Wildman–Crippen LogP) is 2.21. The van der Waals surface area contributed by atoms with E-state index in [9.17, 15) is 14.9 Å². The average molecular weight is 267 g/mol. The van der Waals surface area contributed by atoms with Gasteiger partial charge in [-0.15, -0.1) is 0 Å². The van der Waals surface area contributed by atoms with Gasteiger partial charge in [-0.3, -0.25) is 14.9 Å². The molecular weight excluding hydrogens is 250 g/mol. The molecule has 1 unspecified atom stereocenters. The molecule has 0 aromatic carbocycles. The third kappa shape index (κ3) is 4.53. The standard InChI is InChI=1S/C12H17N3O4/c1-8(12(16)17)4-3-5-13-11-6-9(2)10(7-14-11)15(18)19/h6-8H,3-5H2,1-2H3,(H,13,14)(H,16,17). The van der Waals surface area contributed by atoms with Crippen LogP contribution in [0.25, 0.3) is 0 Å². The molecule has 0 bridgehead atoms. The highest BCUT2D eigenvalue weighted by atomic mass is 16.6. The van der Waals surface area contributed by atoms with Crippen molar-refractivity contribution in [1.82, 2.24) is 4.98 Å². The van der Waals surface area contributed by atoms with Gasteiger partial charge in [-0.2, -0.15) is 0 Å². The highest BCUT2D eigenvalue weighted by Crippen LogP contribution is 2.18. The molecule has 0 amide bonds. The summed E-state index contributed by atoms with van der Waals surface area (Å²) in [5, 5.41) is 22.4. The van der Waals surface area contributed by atoms with Crippen LogP contribution in [0.1, 0.15) is 25.3 Å². The van der Waals surface area contributed by atoms with Crippen molar-refractivity contribution in [3.63, 3.8) is 0 Å². The SMILES string of the molecule is Cc1cc(NCCCC(C)C(=O)O)ncc1[N+](=O)[O-]. The molecule has 0 saturated carbocycles. The maximum absolute atomic E-state index is 10.6. The minimum Gasteiger partial charge on any atom is -0.481 e. The lowest BCUT2D eigenvalue weighted by molar-refractivity contribution is -0.385. The first-order valence-corrected chi connectivity index (χ1v) is 5.99. The summed E-state index contributed by atoms with van der Waals surface area (Å²) in [5.74, 6) is -0.608. The van der Waals surface area contributed by atoms with Crippen LogP contribution in [0.2, 0.25) is 0 Å². The molecule has 0 fully saturated rings. The number of nitro groups is 1. The Morgan fingerprint density at radius 2 is 2.32 bits per heavy atom. The molecule has 7 heteroatoms. The molecule has 1 aromatic heterocycles. The van der Waals surface area contributed by atoms with Crippen molar-refractivity contribution in [3.05, 3.63) is 27.9 Å². The van der Waals surface area contributed by atoms with Gasteiger partial charge < -0.3 is 10.4 Å². The summed E-state index contributed by atoms with van der Waals surface area (Å²) >= 11 is 0. The third-order valence-electron chi connectivity index (χ3n) is 2.82. The summed E-state index contributed by atoms with van der Waals surface area (Å²) < 4.78 is 0. The number of rotatable bonds is 7. The summed E-state index contributed by atoms with van der Waals surface area (Å²) in [4.78, 5) is 24.7. The van der Waals surface area contributed by atoms with E-state index in [1.807, 2.05) is 0 Å². The summed E-state index contributed by atoms with van der Waals surface area (Å²) in [7, 11) is 0. The van der Waals surface area contributed by atoms with Crippen LogP contribution in [0.3, 0.4) is 0 Å². The van der Waals surface area contributed by atoms with Crippen LogP contribution in [-0.4, -0.2) is 27.5 Å². The van der Waals surface area contributed by atoms with Gasteiger partial charge in [0.15, 0.2) is 0 Å². The first kappa shape index (κ1) is 14.9. The van der Waals surface area contributed by atoms with Gasteiger partial charge in [-0.05, 0) is 25.8 Å². The number of carbonyl (C=O) groups is 1. The number of nitrogens with zero attached hydrogens (tertiary/aromatic N) is 2. The number of nitrogens with one attached hydrogen (secondary N) is 1. The molecule has 104 valence electrons. The van der Waals surface area contributed by atoms with Gasteiger partial charge >= 0.3 is 5.97 Å². The Morgan fingerprint density at radius 3 is 2.84 bits per heavy atom. The van der Waals surface area contributed by atoms with Crippen molar-refractivity contribution < 1.29 is 14.8 Å². The Morgan fingerprint density at radius 1 is 1.63 bits per heavy atom. The molecule has 1 aromatic rings. The van der Waals surface area contributed by atoms with Crippen molar-refractivity contribution in [2.75, 3.05) is 11.9 Å². The maximum Gasteiger partial charge on any atom is 0.306 e. The fraction of sp³-hybridized carbons (Fsp3) is 0.500. The Labute approximate surface area is 110 Å². The fourth-order valence-corrected chi connectivity index (χ4v) is 1.58. The van der Waals surface area contributed by atoms with Crippen molar-refractivity contribution in [2.24, 2.45) is 5.92 Å². The molecule has 1 atom stereocenters. The number of hydrogen-bond acceptors (Lipinski definition) is 5. The van der Waals surface area contributed by atoms with Gasteiger partial charge in [0.05, 0.1) is 10.8 Å². The number of aliphatic carboxylic acids is 1. The van der Waals surface area contributed by atoms with Crippen molar-refractivity contribution in [1.29, 1.82) is 0 Å². The smallest absolute Gasteiger partial charge is 0.306 e. The molecular formula is C12H17N3O4. The zero-order valence-electron chi connectivity index (χ0n) is 10.9. The Bertz CT molecular complexity index is 476. The largest absolute Gasteiger partial charge is 0.481 e. The van der Waals surface area contributed by atoms with Gasteiger partial charge in [0, 0.05) is 12.1 Å². The lowest BCUT2D eigenvalue weighted by Gasteiger charge is -2.08. The van der Waals surface area contributed by atoms with Gasteiger partial charge in [-0.25, -0.2) is 4.98 Å². The summed E-state index contributed by atoms with van der Waals surface area (Å²) in [6.45, 7) is 3.90. The highest BCUT2D eigenvalue weighted by molar-refractivity contribution is 5.69. The number of pyridine rings is 1. The van der Waals surface area contributed by atoms with Crippen molar-refractivity contribution in [3.8, 4) is 0 Å². The molecule has 19 heavy (non-hydrogen) atoms. The maximum atomic E-state index is 10.6. The van der Waals surface area contributed by atoms with Crippen LogP contribution in [0, 0.1) is 23.0 Å². The van der Waals surface area contributed by atoms with Crippen LogP contribution in [0.4, 0.5) is 11.5 Å².